The summed E-state index contributed by atoms with van der Waals surface area (Å²) in [4.78, 5) is 4.77. The van der Waals surface area contributed by atoms with Crippen LogP contribution in [-0.2, 0) is 4.84 Å². The summed E-state index contributed by atoms with van der Waals surface area (Å²) in [6.07, 6.45) is 2.25. The molecule has 0 fully saturated rings. The average molecular weight is 99.1 g/mol. The summed E-state index contributed by atoms with van der Waals surface area (Å²) in [6, 6.07) is 0. The summed E-state index contributed by atoms with van der Waals surface area (Å²) in [6.45, 7) is 2.79. The Labute approximate surface area is 43.2 Å². The molecule has 0 unspecified atom stereocenters. The van der Waals surface area contributed by atoms with Crippen LogP contribution in [0.25, 0.3) is 0 Å². The molecule has 2 heteroatoms. The van der Waals surface area contributed by atoms with Crippen LogP contribution < -0.4 is 0 Å². The molecule has 1 rings (SSSR count). The van der Waals surface area contributed by atoms with E-state index in [1.54, 1.807) is 0 Å². The van der Waals surface area contributed by atoms with Crippen molar-refractivity contribution in [2.45, 2.75) is 19.8 Å². The molecule has 1 aliphatic rings. The summed E-state index contributed by atoms with van der Waals surface area (Å²) in [5, 5.41) is 3.75. The third kappa shape index (κ3) is 1.18. The van der Waals surface area contributed by atoms with Gasteiger partial charge in [-0.15, -0.1) is 0 Å². The molecular formula is C5H9NO. The summed E-state index contributed by atoms with van der Waals surface area (Å²) in [7, 11) is 0. The predicted octanol–water partition coefficient (Wildman–Crippen LogP) is 1.17. The molecule has 0 aliphatic carbocycles. The van der Waals surface area contributed by atoms with E-state index in [1.807, 2.05) is 6.92 Å². The lowest BCUT2D eigenvalue weighted by Gasteiger charge is -2.05. The van der Waals surface area contributed by atoms with Gasteiger partial charge < -0.3 is 4.84 Å². The normalized spacial score (nSPS) is 20.4. The second kappa shape index (κ2) is 1.96. The lowest BCUT2D eigenvalue weighted by molar-refractivity contribution is 0.131. The van der Waals surface area contributed by atoms with Crippen LogP contribution in [0.3, 0.4) is 0 Å². The van der Waals surface area contributed by atoms with Crippen molar-refractivity contribution in [3.8, 4) is 0 Å². The van der Waals surface area contributed by atoms with Crippen LogP contribution in [0.2, 0.25) is 0 Å². The van der Waals surface area contributed by atoms with E-state index in [0.29, 0.717) is 0 Å². The molecule has 2 nitrogen and oxygen atoms in total. The number of rotatable bonds is 0. The lowest BCUT2D eigenvalue weighted by atomic mass is 10.2. The van der Waals surface area contributed by atoms with Gasteiger partial charge in [-0.25, -0.2) is 0 Å². The van der Waals surface area contributed by atoms with Gasteiger partial charge in [0, 0.05) is 0 Å². The highest BCUT2D eigenvalue weighted by atomic mass is 16.6. The van der Waals surface area contributed by atoms with Crippen LogP contribution in [-0.4, -0.2) is 12.3 Å². The second-order valence-electron chi connectivity index (χ2n) is 1.76. The second-order valence-corrected chi connectivity index (χ2v) is 1.76. The van der Waals surface area contributed by atoms with Gasteiger partial charge >= 0.3 is 0 Å². The van der Waals surface area contributed by atoms with Crippen molar-refractivity contribution in [1.82, 2.24) is 0 Å². The Kier molecular flexibility index (Phi) is 1.29. The maximum Gasteiger partial charge on any atom is 0.117 e. The Balaban J connectivity index is 2.40. The van der Waals surface area contributed by atoms with Crippen molar-refractivity contribution in [1.29, 1.82) is 0 Å². The van der Waals surface area contributed by atoms with Gasteiger partial charge in [0.1, 0.15) is 6.61 Å². The van der Waals surface area contributed by atoms with Crippen LogP contribution >= 0.6 is 0 Å². The van der Waals surface area contributed by atoms with E-state index in [0.717, 1.165) is 25.2 Å². The van der Waals surface area contributed by atoms with Gasteiger partial charge in [0.25, 0.3) is 0 Å². The van der Waals surface area contributed by atoms with Gasteiger partial charge in [0.2, 0.25) is 0 Å². The van der Waals surface area contributed by atoms with Crippen LogP contribution in [0.4, 0.5) is 0 Å². The maximum absolute atomic E-state index is 4.77. The molecule has 0 bridgehead atoms. The van der Waals surface area contributed by atoms with E-state index in [9.17, 15) is 0 Å². The van der Waals surface area contributed by atoms with Crippen molar-refractivity contribution >= 4 is 5.71 Å². The standard InChI is InChI=1S/C5H9NO/c1-5-3-2-4-7-6-5/h2-4H2,1H3. The van der Waals surface area contributed by atoms with E-state index in [2.05, 4.69) is 5.16 Å². The molecule has 0 aromatic heterocycles. The Morgan fingerprint density at radius 2 is 2.57 bits per heavy atom. The summed E-state index contributed by atoms with van der Waals surface area (Å²) < 4.78 is 0. The number of nitrogens with zero attached hydrogens (tertiary/aromatic N) is 1. The van der Waals surface area contributed by atoms with E-state index in [1.165, 1.54) is 0 Å². The summed E-state index contributed by atoms with van der Waals surface area (Å²) in [5.74, 6) is 0. The molecule has 0 spiro atoms. The number of oxime groups is 1. The van der Waals surface area contributed by atoms with Gasteiger partial charge in [-0.2, -0.15) is 0 Å². The smallest absolute Gasteiger partial charge is 0.117 e. The van der Waals surface area contributed by atoms with Crippen LogP contribution in [0, 0.1) is 0 Å². The van der Waals surface area contributed by atoms with E-state index >= 15 is 0 Å². The quantitative estimate of drug-likeness (QED) is 0.446. The molecule has 0 N–H and O–H groups in total. The minimum Gasteiger partial charge on any atom is -0.396 e. The van der Waals surface area contributed by atoms with Crippen molar-refractivity contribution < 1.29 is 4.84 Å². The number of hydrogen-bond donors (Lipinski definition) is 0. The summed E-state index contributed by atoms with van der Waals surface area (Å²) in [5.41, 5.74) is 1.12. The monoisotopic (exact) mass is 99.1 g/mol. The topological polar surface area (TPSA) is 21.6 Å². The Morgan fingerprint density at radius 1 is 1.71 bits per heavy atom. The molecule has 40 valence electrons. The first-order chi connectivity index (χ1) is 3.39. The highest BCUT2D eigenvalue weighted by molar-refractivity contribution is 5.81. The SMILES string of the molecule is CC1=NOCCC1. The molecule has 0 saturated heterocycles. The first-order valence-electron chi connectivity index (χ1n) is 2.55. The van der Waals surface area contributed by atoms with E-state index in [4.69, 9.17) is 4.84 Å². The van der Waals surface area contributed by atoms with Gasteiger partial charge in [-0.3, -0.25) is 0 Å². The summed E-state index contributed by atoms with van der Waals surface area (Å²) >= 11 is 0. The third-order valence-corrected chi connectivity index (χ3v) is 0.995. The molecule has 1 aliphatic heterocycles. The minimum absolute atomic E-state index is 0.803. The molecule has 0 amide bonds. The van der Waals surface area contributed by atoms with Gasteiger partial charge in [0.05, 0.1) is 5.71 Å². The van der Waals surface area contributed by atoms with Crippen LogP contribution in [0.1, 0.15) is 19.8 Å². The van der Waals surface area contributed by atoms with Gasteiger partial charge in [-0.05, 0) is 19.8 Å². The number of hydrogen-bond acceptors (Lipinski definition) is 2. The fraction of sp³-hybridized carbons (Fsp3) is 0.800. The molecule has 7 heavy (non-hydrogen) atoms. The zero-order chi connectivity index (χ0) is 5.11. The third-order valence-electron chi connectivity index (χ3n) is 0.995. The Bertz CT molecular complexity index is 88.1. The fourth-order valence-corrected chi connectivity index (χ4v) is 0.594. The Hall–Kier alpha value is -0.530. The Morgan fingerprint density at radius 3 is 2.86 bits per heavy atom. The molecule has 0 radical (unpaired) electrons. The molecule has 0 aromatic carbocycles. The van der Waals surface area contributed by atoms with Crippen molar-refractivity contribution in [2.75, 3.05) is 6.61 Å². The van der Waals surface area contributed by atoms with Crippen molar-refractivity contribution in [3.05, 3.63) is 0 Å². The van der Waals surface area contributed by atoms with Gasteiger partial charge in [0.15, 0.2) is 0 Å². The highest BCUT2D eigenvalue weighted by Gasteiger charge is 1.97. The molecular weight excluding hydrogens is 90.1 g/mol. The van der Waals surface area contributed by atoms with Crippen molar-refractivity contribution in [3.63, 3.8) is 0 Å². The largest absolute Gasteiger partial charge is 0.396 e. The maximum atomic E-state index is 4.77. The minimum atomic E-state index is 0.803. The van der Waals surface area contributed by atoms with Crippen molar-refractivity contribution in [2.24, 2.45) is 5.16 Å². The molecule has 0 saturated carbocycles. The predicted molar refractivity (Wildman–Crippen MR) is 28.3 cm³/mol. The zero-order valence-corrected chi connectivity index (χ0v) is 4.48. The fourth-order valence-electron chi connectivity index (χ4n) is 0.594. The van der Waals surface area contributed by atoms with E-state index < -0.39 is 0 Å². The first-order valence-corrected chi connectivity index (χ1v) is 2.55. The molecule has 1 heterocycles. The first kappa shape index (κ1) is 4.62. The van der Waals surface area contributed by atoms with Gasteiger partial charge in [-0.1, -0.05) is 5.16 Å². The van der Waals surface area contributed by atoms with Crippen LogP contribution in [0.5, 0.6) is 0 Å². The highest BCUT2D eigenvalue weighted by Crippen LogP contribution is 2.00. The zero-order valence-electron chi connectivity index (χ0n) is 4.48. The molecule has 0 aromatic rings. The van der Waals surface area contributed by atoms with E-state index in [-0.39, 0.29) is 0 Å². The average Bonchev–Trinajstić information content (AvgIpc) is 1.69. The lowest BCUT2D eigenvalue weighted by Crippen LogP contribution is -2.02. The molecule has 0 atom stereocenters. The van der Waals surface area contributed by atoms with Crippen LogP contribution in [0.15, 0.2) is 5.16 Å².